The molecule has 19 heavy (non-hydrogen) atoms. The number of carbonyl (C=O) groups excluding carboxylic acids is 1. The Morgan fingerprint density at radius 1 is 1.37 bits per heavy atom. The van der Waals surface area contributed by atoms with Gasteiger partial charge in [0, 0.05) is 21.7 Å². The maximum atomic E-state index is 11.9. The Kier molecular flexibility index (Phi) is 4.39. The highest BCUT2D eigenvalue weighted by atomic mass is 35.5. The molecular weight excluding hydrogens is 283 g/mol. The van der Waals surface area contributed by atoms with E-state index >= 15 is 0 Å². The minimum atomic E-state index is -0.989. The number of hydrogen-bond acceptors (Lipinski definition) is 2. The van der Waals surface area contributed by atoms with E-state index in [0.717, 1.165) is 12.8 Å². The molecule has 3 N–H and O–H groups in total. The lowest BCUT2D eigenvalue weighted by molar-refractivity contribution is -0.124. The van der Waals surface area contributed by atoms with Crippen molar-refractivity contribution in [2.45, 2.75) is 44.2 Å². The van der Waals surface area contributed by atoms with E-state index in [4.69, 9.17) is 28.9 Å². The lowest BCUT2D eigenvalue weighted by Crippen LogP contribution is -2.53. The SMILES string of the molecule is CC(NC1CCCC1)(C(N)=O)c1cc(Cl)ccc1Cl. The van der Waals surface area contributed by atoms with Gasteiger partial charge in [-0.3, -0.25) is 10.1 Å². The number of nitrogens with one attached hydrogen (secondary N) is 1. The second kappa shape index (κ2) is 5.70. The first kappa shape index (κ1) is 14.6. The third-order valence-electron chi connectivity index (χ3n) is 3.81. The monoisotopic (exact) mass is 300 g/mol. The van der Waals surface area contributed by atoms with E-state index < -0.39 is 11.4 Å². The first-order valence-electron chi connectivity index (χ1n) is 6.46. The highest BCUT2D eigenvalue weighted by Gasteiger charge is 2.37. The zero-order chi connectivity index (χ0) is 14.0. The van der Waals surface area contributed by atoms with Gasteiger partial charge in [0.2, 0.25) is 5.91 Å². The quantitative estimate of drug-likeness (QED) is 0.897. The first-order chi connectivity index (χ1) is 8.93. The lowest BCUT2D eigenvalue weighted by atomic mass is 9.90. The van der Waals surface area contributed by atoms with Crippen LogP contribution in [-0.4, -0.2) is 11.9 Å². The summed E-state index contributed by atoms with van der Waals surface area (Å²) in [6, 6.07) is 5.39. The molecule has 1 aromatic rings. The molecule has 1 fully saturated rings. The number of rotatable bonds is 4. The predicted octanol–water partition coefficient (Wildman–Crippen LogP) is 3.23. The molecular formula is C14H18Cl2N2O. The largest absolute Gasteiger partial charge is 0.368 e. The van der Waals surface area contributed by atoms with Crippen LogP contribution in [0.2, 0.25) is 10.0 Å². The Hall–Kier alpha value is -0.770. The van der Waals surface area contributed by atoms with Crippen molar-refractivity contribution in [3.63, 3.8) is 0 Å². The highest BCUT2D eigenvalue weighted by Crippen LogP contribution is 2.32. The second-order valence-electron chi connectivity index (χ2n) is 5.24. The lowest BCUT2D eigenvalue weighted by Gasteiger charge is -2.32. The van der Waals surface area contributed by atoms with Crippen LogP contribution >= 0.6 is 23.2 Å². The van der Waals surface area contributed by atoms with Crippen molar-refractivity contribution >= 4 is 29.1 Å². The Morgan fingerprint density at radius 3 is 2.58 bits per heavy atom. The number of nitrogens with two attached hydrogens (primary N) is 1. The van der Waals surface area contributed by atoms with E-state index in [9.17, 15) is 4.79 Å². The Bertz CT molecular complexity index is 486. The van der Waals surface area contributed by atoms with Gasteiger partial charge < -0.3 is 5.73 Å². The van der Waals surface area contributed by atoms with Gasteiger partial charge in [-0.1, -0.05) is 36.0 Å². The number of halogens is 2. The molecule has 1 atom stereocenters. The molecule has 1 unspecified atom stereocenters. The van der Waals surface area contributed by atoms with E-state index in [1.54, 1.807) is 25.1 Å². The van der Waals surface area contributed by atoms with Crippen molar-refractivity contribution < 1.29 is 4.79 Å². The van der Waals surface area contributed by atoms with Gasteiger partial charge >= 0.3 is 0 Å². The van der Waals surface area contributed by atoms with Gasteiger partial charge in [0.15, 0.2) is 0 Å². The molecule has 0 bridgehead atoms. The van der Waals surface area contributed by atoms with Crippen LogP contribution in [0.5, 0.6) is 0 Å². The van der Waals surface area contributed by atoms with E-state index in [-0.39, 0.29) is 0 Å². The van der Waals surface area contributed by atoms with Crippen molar-refractivity contribution in [1.82, 2.24) is 5.32 Å². The van der Waals surface area contributed by atoms with Crippen LogP contribution < -0.4 is 11.1 Å². The summed E-state index contributed by atoms with van der Waals surface area (Å²) >= 11 is 12.2. The molecule has 1 saturated carbocycles. The highest BCUT2D eigenvalue weighted by molar-refractivity contribution is 6.34. The van der Waals surface area contributed by atoms with Crippen LogP contribution in [0.1, 0.15) is 38.2 Å². The molecule has 5 heteroatoms. The Morgan fingerprint density at radius 2 is 2.00 bits per heavy atom. The average molecular weight is 301 g/mol. The minimum Gasteiger partial charge on any atom is -0.368 e. The molecule has 0 heterocycles. The molecule has 0 spiro atoms. The topological polar surface area (TPSA) is 55.1 Å². The number of benzene rings is 1. The second-order valence-corrected chi connectivity index (χ2v) is 6.08. The zero-order valence-corrected chi connectivity index (χ0v) is 12.4. The van der Waals surface area contributed by atoms with E-state index in [2.05, 4.69) is 5.32 Å². The summed E-state index contributed by atoms with van der Waals surface area (Å²) in [5, 5.41) is 4.40. The standard InChI is InChI=1S/C14H18Cl2N2O/c1-14(13(17)19,18-10-4-2-3-5-10)11-8-9(15)6-7-12(11)16/h6-8,10,18H,2-5H2,1H3,(H2,17,19). The van der Waals surface area contributed by atoms with Gasteiger partial charge in [0.1, 0.15) is 5.54 Å². The fourth-order valence-corrected chi connectivity index (χ4v) is 3.12. The summed E-state index contributed by atoms with van der Waals surface area (Å²) in [7, 11) is 0. The van der Waals surface area contributed by atoms with Gasteiger partial charge in [-0.15, -0.1) is 0 Å². The van der Waals surface area contributed by atoms with Gasteiger partial charge in [0.25, 0.3) is 0 Å². The number of hydrogen-bond donors (Lipinski definition) is 2. The summed E-state index contributed by atoms with van der Waals surface area (Å²) in [6.07, 6.45) is 4.47. The van der Waals surface area contributed by atoms with Crippen molar-refractivity contribution in [2.24, 2.45) is 5.73 Å². The molecule has 104 valence electrons. The van der Waals surface area contributed by atoms with Gasteiger partial charge in [-0.25, -0.2) is 0 Å². The maximum absolute atomic E-state index is 11.9. The molecule has 1 amide bonds. The Labute approximate surface area is 123 Å². The summed E-state index contributed by atoms with van der Waals surface area (Å²) in [6.45, 7) is 1.77. The van der Waals surface area contributed by atoms with Crippen molar-refractivity contribution in [2.75, 3.05) is 0 Å². The molecule has 2 rings (SSSR count). The zero-order valence-electron chi connectivity index (χ0n) is 10.9. The van der Waals surface area contributed by atoms with E-state index in [0.29, 0.717) is 21.7 Å². The Balaban J connectivity index is 2.37. The molecule has 0 aromatic heterocycles. The van der Waals surface area contributed by atoms with Crippen molar-refractivity contribution in [3.8, 4) is 0 Å². The smallest absolute Gasteiger partial charge is 0.242 e. The van der Waals surface area contributed by atoms with Crippen LogP contribution in [0.3, 0.4) is 0 Å². The number of primary amides is 1. The van der Waals surface area contributed by atoms with Gasteiger partial charge in [-0.2, -0.15) is 0 Å². The summed E-state index contributed by atoms with van der Waals surface area (Å²) in [5.74, 6) is -0.441. The molecule has 1 aliphatic rings. The van der Waals surface area contributed by atoms with E-state index in [1.165, 1.54) is 12.8 Å². The normalized spacial score (nSPS) is 19.3. The van der Waals surface area contributed by atoms with Crippen LogP contribution in [0.25, 0.3) is 0 Å². The third-order valence-corrected chi connectivity index (χ3v) is 4.37. The molecule has 0 radical (unpaired) electrons. The van der Waals surface area contributed by atoms with Crippen molar-refractivity contribution in [1.29, 1.82) is 0 Å². The third kappa shape index (κ3) is 3.04. The number of carbonyl (C=O) groups is 1. The average Bonchev–Trinajstić information content (AvgIpc) is 2.84. The fraction of sp³-hybridized carbons (Fsp3) is 0.500. The number of amides is 1. The first-order valence-corrected chi connectivity index (χ1v) is 7.22. The molecule has 1 aliphatic carbocycles. The van der Waals surface area contributed by atoms with Crippen LogP contribution in [0.15, 0.2) is 18.2 Å². The summed E-state index contributed by atoms with van der Waals surface area (Å²) < 4.78 is 0. The van der Waals surface area contributed by atoms with Crippen LogP contribution in [-0.2, 0) is 10.3 Å². The van der Waals surface area contributed by atoms with E-state index in [1.807, 2.05) is 0 Å². The maximum Gasteiger partial charge on any atom is 0.242 e. The van der Waals surface area contributed by atoms with Crippen molar-refractivity contribution in [3.05, 3.63) is 33.8 Å². The minimum absolute atomic E-state index is 0.299. The molecule has 1 aromatic carbocycles. The predicted molar refractivity (Wildman–Crippen MR) is 78.4 cm³/mol. The van der Waals surface area contributed by atoms with Crippen LogP contribution in [0.4, 0.5) is 0 Å². The van der Waals surface area contributed by atoms with Gasteiger partial charge in [-0.05, 0) is 38.0 Å². The van der Waals surface area contributed by atoms with Gasteiger partial charge in [0.05, 0.1) is 0 Å². The van der Waals surface area contributed by atoms with Crippen LogP contribution in [0, 0.1) is 0 Å². The molecule has 0 saturated heterocycles. The molecule has 0 aliphatic heterocycles. The summed E-state index contributed by atoms with van der Waals surface area (Å²) in [4.78, 5) is 11.9. The molecule has 3 nitrogen and oxygen atoms in total. The fourth-order valence-electron chi connectivity index (χ4n) is 2.64. The summed E-state index contributed by atoms with van der Waals surface area (Å²) in [5.41, 5.74) is 5.25.